The molecule has 0 bridgehead atoms. The van der Waals surface area contributed by atoms with Crippen molar-refractivity contribution in [3.63, 3.8) is 0 Å². The maximum absolute atomic E-state index is 5.89. The molecule has 2 heterocycles. The van der Waals surface area contributed by atoms with Gasteiger partial charge in [-0.2, -0.15) is 0 Å². The molecule has 20 heavy (non-hydrogen) atoms. The lowest BCUT2D eigenvalue weighted by atomic mass is 9.87. The number of nitrogens with zero attached hydrogens (tertiary/aromatic N) is 3. The Balaban J connectivity index is 2.01. The maximum Gasteiger partial charge on any atom is 0.216 e. The van der Waals surface area contributed by atoms with Crippen LogP contribution in [0, 0.1) is 5.92 Å². The fourth-order valence-corrected chi connectivity index (χ4v) is 2.51. The van der Waals surface area contributed by atoms with Gasteiger partial charge in [0.1, 0.15) is 0 Å². The number of hydrogen-bond acceptors (Lipinski definition) is 4. The standard InChI is InChI=1S/C16H16N4/c1-11-14(12-6-3-2-4-7-12)19-16(17)20-15(11)13-8-5-9-18-10-13/h2-11,14H,1H3,(H2,17,19). The van der Waals surface area contributed by atoms with E-state index in [0.29, 0.717) is 5.96 Å². The Bertz CT molecular complexity index is 647. The molecular weight excluding hydrogens is 248 g/mol. The highest BCUT2D eigenvalue weighted by Gasteiger charge is 2.28. The number of aromatic nitrogens is 1. The Morgan fingerprint density at radius 3 is 2.55 bits per heavy atom. The lowest BCUT2D eigenvalue weighted by Crippen LogP contribution is -2.29. The van der Waals surface area contributed by atoms with Crippen LogP contribution in [0.2, 0.25) is 0 Å². The van der Waals surface area contributed by atoms with Crippen molar-refractivity contribution in [3.8, 4) is 0 Å². The van der Waals surface area contributed by atoms with Crippen LogP contribution in [0.4, 0.5) is 0 Å². The highest BCUT2D eigenvalue weighted by Crippen LogP contribution is 2.31. The highest BCUT2D eigenvalue weighted by molar-refractivity contribution is 6.09. The largest absolute Gasteiger partial charge is 0.368 e. The molecule has 1 aliphatic rings. The molecule has 2 N–H and O–H groups in total. The molecule has 0 amide bonds. The summed E-state index contributed by atoms with van der Waals surface area (Å²) in [5.41, 5.74) is 8.99. The van der Waals surface area contributed by atoms with Crippen molar-refractivity contribution in [1.82, 2.24) is 4.98 Å². The maximum atomic E-state index is 5.89. The van der Waals surface area contributed by atoms with Gasteiger partial charge in [-0.25, -0.2) is 9.98 Å². The van der Waals surface area contributed by atoms with E-state index in [1.165, 1.54) is 0 Å². The number of rotatable bonds is 2. The summed E-state index contributed by atoms with van der Waals surface area (Å²) in [6, 6.07) is 14.1. The number of hydrogen-bond donors (Lipinski definition) is 1. The van der Waals surface area contributed by atoms with Crippen LogP contribution in [0.15, 0.2) is 64.8 Å². The van der Waals surface area contributed by atoms with Gasteiger partial charge in [0.15, 0.2) is 0 Å². The van der Waals surface area contributed by atoms with Crippen molar-refractivity contribution in [2.24, 2.45) is 21.6 Å². The van der Waals surface area contributed by atoms with Crippen molar-refractivity contribution in [3.05, 3.63) is 66.0 Å². The molecule has 4 nitrogen and oxygen atoms in total. The van der Waals surface area contributed by atoms with Gasteiger partial charge in [-0.15, -0.1) is 0 Å². The summed E-state index contributed by atoms with van der Waals surface area (Å²) in [5, 5.41) is 0. The van der Waals surface area contributed by atoms with Crippen LogP contribution < -0.4 is 5.73 Å². The predicted octanol–water partition coefficient (Wildman–Crippen LogP) is 2.58. The Kier molecular flexibility index (Phi) is 3.29. The Labute approximate surface area is 118 Å². The predicted molar refractivity (Wildman–Crippen MR) is 80.7 cm³/mol. The van der Waals surface area contributed by atoms with Gasteiger partial charge in [-0.3, -0.25) is 4.98 Å². The first kappa shape index (κ1) is 12.5. The molecule has 2 atom stereocenters. The van der Waals surface area contributed by atoms with Gasteiger partial charge < -0.3 is 5.73 Å². The van der Waals surface area contributed by atoms with Crippen molar-refractivity contribution >= 4 is 11.7 Å². The van der Waals surface area contributed by atoms with Gasteiger partial charge in [0.2, 0.25) is 5.96 Å². The van der Waals surface area contributed by atoms with Crippen LogP contribution in [0.3, 0.4) is 0 Å². The Morgan fingerprint density at radius 2 is 1.85 bits per heavy atom. The second-order valence-electron chi connectivity index (χ2n) is 4.87. The van der Waals surface area contributed by atoms with Crippen LogP contribution in [0.1, 0.15) is 24.1 Å². The average Bonchev–Trinajstić information content (AvgIpc) is 2.51. The van der Waals surface area contributed by atoms with E-state index < -0.39 is 0 Å². The fraction of sp³-hybridized carbons (Fsp3) is 0.188. The van der Waals surface area contributed by atoms with E-state index in [1.807, 2.05) is 36.5 Å². The van der Waals surface area contributed by atoms with Gasteiger partial charge in [-0.05, 0) is 11.6 Å². The van der Waals surface area contributed by atoms with Crippen LogP contribution >= 0.6 is 0 Å². The number of benzene rings is 1. The van der Waals surface area contributed by atoms with E-state index in [1.54, 1.807) is 6.20 Å². The summed E-state index contributed by atoms with van der Waals surface area (Å²) >= 11 is 0. The molecule has 2 aromatic rings. The summed E-state index contributed by atoms with van der Waals surface area (Å²) in [4.78, 5) is 13.1. The lowest BCUT2D eigenvalue weighted by molar-refractivity contribution is 0.590. The van der Waals surface area contributed by atoms with Crippen molar-refractivity contribution < 1.29 is 0 Å². The minimum atomic E-state index is 0.00362. The smallest absolute Gasteiger partial charge is 0.216 e. The van der Waals surface area contributed by atoms with E-state index in [0.717, 1.165) is 16.8 Å². The summed E-state index contributed by atoms with van der Waals surface area (Å²) in [6.07, 6.45) is 3.57. The normalized spacial score (nSPS) is 22.1. The van der Waals surface area contributed by atoms with Crippen molar-refractivity contribution in [2.75, 3.05) is 0 Å². The number of guanidine groups is 1. The minimum absolute atomic E-state index is 0.00362. The SMILES string of the molecule is CC1C(c2cccnc2)=NC(N)=NC1c1ccccc1. The zero-order valence-electron chi connectivity index (χ0n) is 11.3. The third-order valence-electron chi connectivity index (χ3n) is 3.51. The Morgan fingerprint density at radius 1 is 1.05 bits per heavy atom. The molecule has 4 heteroatoms. The van der Waals surface area contributed by atoms with Gasteiger partial charge in [0.05, 0.1) is 11.8 Å². The zero-order chi connectivity index (χ0) is 13.9. The minimum Gasteiger partial charge on any atom is -0.368 e. The lowest BCUT2D eigenvalue weighted by Gasteiger charge is -2.26. The van der Waals surface area contributed by atoms with Gasteiger partial charge >= 0.3 is 0 Å². The summed E-state index contributed by atoms with van der Waals surface area (Å²) < 4.78 is 0. The van der Waals surface area contributed by atoms with E-state index in [4.69, 9.17) is 5.73 Å². The molecule has 1 aromatic carbocycles. The van der Waals surface area contributed by atoms with Gasteiger partial charge in [0, 0.05) is 23.9 Å². The van der Waals surface area contributed by atoms with E-state index >= 15 is 0 Å². The van der Waals surface area contributed by atoms with E-state index in [9.17, 15) is 0 Å². The monoisotopic (exact) mass is 264 g/mol. The fourth-order valence-electron chi connectivity index (χ4n) is 2.51. The third kappa shape index (κ3) is 2.32. The summed E-state index contributed by atoms with van der Waals surface area (Å²) in [6.45, 7) is 2.12. The topological polar surface area (TPSA) is 63.6 Å². The summed E-state index contributed by atoms with van der Waals surface area (Å²) in [5.74, 6) is 0.490. The zero-order valence-corrected chi connectivity index (χ0v) is 11.3. The molecule has 0 radical (unpaired) electrons. The molecule has 0 aliphatic carbocycles. The summed E-state index contributed by atoms with van der Waals surface area (Å²) in [7, 11) is 0. The molecule has 0 spiro atoms. The van der Waals surface area contributed by atoms with Crippen molar-refractivity contribution in [2.45, 2.75) is 13.0 Å². The third-order valence-corrected chi connectivity index (χ3v) is 3.51. The van der Waals surface area contributed by atoms with Crippen LogP contribution in [-0.2, 0) is 0 Å². The van der Waals surface area contributed by atoms with Crippen LogP contribution in [0.25, 0.3) is 0 Å². The van der Waals surface area contributed by atoms with E-state index in [2.05, 4.69) is 34.0 Å². The highest BCUT2D eigenvalue weighted by atomic mass is 15.1. The Hall–Kier alpha value is -2.49. The first-order chi connectivity index (χ1) is 9.75. The quantitative estimate of drug-likeness (QED) is 0.906. The molecule has 100 valence electrons. The first-order valence-electron chi connectivity index (χ1n) is 6.63. The second kappa shape index (κ2) is 5.25. The number of aliphatic imine (C=N–C) groups is 2. The number of nitrogens with two attached hydrogens (primary N) is 1. The van der Waals surface area contributed by atoms with E-state index in [-0.39, 0.29) is 12.0 Å². The second-order valence-corrected chi connectivity index (χ2v) is 4.87. The van der Waals surface area contributed by atoms with Crippen LogP contribution in [-0.4, -0.2) is 16.7 Å². The van der Waals surface area contributed by atoms with Gasteiger partial charge in [-0.1, -0.05) is 43.3 Å². The van der Waals surface area contributed by atoms with Crippen LogP contribution in [0.5, 0.6) is 0 Å². The molecule has 0 saturated heterocycles. The first-order valence-corrected chi connectivity index (χ1v) is 6.63. The molecular formula is C16H16N4. The molecule has 2 unspecified atom stereocenters. The number of pyridine rings is 1. The molecule has 0 saturated carbocycles. The molecule has 0 fully saturated rings. The van der Waals surface area contributed by atoms with Crippen molar-refractivity contribution in [1.29, 1.82) is 0 Å². The average molecular weight is 264 g/mol. The molecule has 1 aromatic heterocycles. The molecule has 1 aliphatic heterocycles. The van der Waals surface area contributed by atoms with Gasteiger partial charge in [0.25, 0.3) is 0 Å². The molecule has 3 rings (SSSR count).